The largest absolute Gasteiger partial charge is 0.460 e. The van der Waals surface area contributed by atoms with E-state index >= 15 is 0 Å². The summed E-state index contributed by atoms with van der Waals surface area (Å²) >= 11 is 0. The second-order valence-electron chi connectivity index (χ2n) is 6.21. The monoisotopic (exact) mass is 353 g/mol. The Balaban J connectivity index is 1.65. The predicted octanol–water partition coefficient (Wildman–Crippen LogP) is 2.56. The van der Waals surface area contributed by atoms with Crippen LogP contribution in [-0.2, 0) is 20.9 Å². The lowest BCUT2D eigenvalue weighted by atomic mass is 10.0. The first-order valence-corrected chi connectivity index (χ1v) is 8.62. The van der Waals surface area contributed by atoms with Gasteiger partial charge in [-0.25, -0.2) is 0 Å². The van der Waals surface area contributed by atoms with Gasteiger partial charge in [0.25, 0.3) is 0 Å². The molecule has 136 valence electrons. The number of esters is 1. The minimum atomic E-state index is -0.488. The van der Waals surface area contributed by atoms with Gasteiger partial charge in [-0.15, -0.1) is 0 Å². The number of carbonyl (C=O) groups excluding carboxylic acids is 1. The van der Waals surface area contributed by atoms with Crippen molar-refractivity contribution in [2.24, 2.45) is 5.73 Å². The standard InChI is InChI=1S/C20H23N3O3/c21-19(22)13-20(24)26-14-15-2-1-3-17(12-15)16-4-6-18(7-5-16)23-8-10-25-11-9-23/h1-7,12H,8-11,13-14H2,(H3,21,22). The number of nitrogens with one attached hydrogen (secondary N) is 1. The van der Waals surface area contributed by atoms with Crippen molar-refractivity contribution in [1.82, 2.24) is 0 Å². The molecule has 2 aromatic rings. The molecule has 0 radical (unpaired) electrons. The van der Waals surface area contributed by atoms with Crippen molar-refractivity contribution in [1.29, 1.82) is 5.41 Å². The normalized spacial score (nSPS) is 14.1. The zero-order valence-electron chi connectivity index (χ0n) is 14.6. The molecular formula is C20H23N3O3. The van der Waals surface area contributed by atoms with Crippen molar-refractivity contribution in [3.8, 4) is 11.1 Å². The Labute approximate surface area is 153 Å². The Bertz CT molecular complexity index is 768. The van der Waals surface area contributed by atoms with Crippen LogP contribution in [-0.4, -0.2) is 38.1 Å². The molecule has 0 aliphatic carbocycles. The highest BCUT2D eigenvalue weighted by Crippen LogP contribution is 2.24. The zero-order valence-corrected chi connectivity index (χ0v) is 14.6. The maximum absolute atomic E-state index is 11.5. The highest BCUT2D eigenvalue weighted by atomic mass is 16.5. The number of hydrogen-bond acceptors (Lipinski definition) is 5. The first kappa shape index (κ1) is 17.9. The van der Waals surface area contributed by atoms with Crippen LogP contribution >= 0.6 is 0 Å². The van der Waals surface area contributed by atoms with E-state index in [1.807, 2.05) is 24.3 Å². The summed E-state index contributed by atoms with van der Waals surface area (Å²) in [7, 11) is 0. The number of amidine groups is 1. The molecule has 26 heavy (non-hydrogen) atoms. The number of ether oxygens (including phenoxy) is 2. The van der Waals surface area contributed by atoms with Crippen LogP contribution in [0.3, 0.4) is 0 Å². The average molecular weight is 353 g/mol. The molecule has 3 rings (SSSR count). The number of anilines is 1. The van der Waals surface area contributed by atoms with Crippen LogP contribution in [0, 0.1) is 5.41 Å². The van der Waals surface area contributed by atoms with Crippen molar-refractivity contribution in [3.05, 3.63) is 54.1 Å². The lowest BCUT2D eigenvalue weighted by Gasteiger charge is -2.28. The second-order valence-corrected chi connectivity index (χ2v) is 6.21. The summed E-state index contributed by atoms with van der Waals surface area (Å²) in [6.07, 6.45) is -0.178. The van der Waals surface area contributed by atoms with Gasteiger partial charge >= 0.3 is 5.97 Å². The van der Waals surface area contributed by atoms with Gasteiger partial charge in [0.2, 0.25) is 0 Å². The molecular weight excluding hydrogens is 330 g/mol. The van der Waals surface area contributed by atoms with Gasteiger partial charge in [0.05, 0.1) is 13.2 Å². The van der Waals surface area contributed by atoms with E-state index in [0.717, 1.165) is 43.0 Å². The van der Waals surface area contributed by atoms with Gasteiger partial charge in [-0.1, -0.05) is 30.3 Å². The number of morpholine rings is 1. The summed E-state index contributed by atoms with van der Waals surface area (Å²) in [5.41, 5.74) is 9.48. The summed E-state index contributed by atoms with van der Waals surface area (Å²) in [6, 6.07) is 16.3. The van der Waals surface area contributed by atoms with Crippen LogP contribution in [0.2, 0.25) is 0 Å². The van der Waals surface area contributed by atoms with E-state index < -0.39 is 5.97 Å². The molecule has 1 saturated heterocycles. The smallest absolute Gasteiger partial charge is 0.313 e. The summed E-state index contributed by atoms with van der Waals surface area (Å²) in [4.78, 5) is 13.8. The van der Waals surface area contributed by atoms with Crippen LogP contribution < -0.4 is 10.6 Å². The fraction of sp³-hybridized carbons (Fsp3) is 0.300. The fourth-order valence-electron chi connectivity index (χ4n) is 2.90. The molecule has 1 fully saturated rings. The van der Waals surface area contributed by atoms with E-state index in [9.17, 15) is 4.79 Å². The van der Waals surface area contributed by atoms with Crippen molar-refractivity contribution >= 4 is 17.5 Å². The highest BCUT2D eigenvalue weighted by Gasteiger charge is 2.11. The van der Waals surface area contributed by atoms with E-state index in [2.05, 4.69) is 29.2 Å². The third-order valence-electron chi connectivity index (χ3n) is 4.24. The molecule has 0 aromatic heterocycles. The number of hydrogen-bond donors (Lipinski definition) is 2. The molecule has 0 bridgehead atoms. The lowest BCUT2D eigenvalue weighted by Crippen LogP contribution is -2.36. The highest BCUT2D eigenvalue weighted by molar-refractivity contribution is 5.94. The maximum Gasteiger partial charge on any atom is 0.313 e. The lowest BCUT2D eigenvalue weighted by molar-refractivity contribution is -0.143. The van der Waals surface area contributed by atoms with Crippen LogP contribution in [0.4, 0.5) is 5.69 Å². The molecule has 1 heterocycles. The molecule has 0 unspecified atom stereocenters. The third-order valence-corrected chi connectivity index (χ3v) is 4.24. The van der Waals surface area contributed by atoms with Crippen molar-refractivity contribution in [3.63, 3.8) is 0 Å². The Morgan fingerprint density at radius 2 is 1.85 bits per heavy atom. The molecule has 6 nitrogen and oxygen atoms in total. The number of carbonyl (C=O) groups is 1. The van der Waals surface area contributed by atoms with Crippen LogP contribution in [0.15, 0.2) is 48.5 Å². The number of nitrogens with zero attached hydrogens (tertiary/aromatic N) is 1. The second kappa shape index (κ2) is 8.49. The van der Waals surface area contributed by atoms with E-state index in [4.69, 9.17) is 20.6 Å². The summed E-state index contributed by atoms with van der Waals surface area (Å²) in [5.74, 6) is -0.679. The quantitative estimate of drug-likeness (QED) is 0.473. The van der Waals surface area contributed by atoms with Crippen LogP contribution in [0.25, 0.3) is 11.1 Å². The summed E-state index contributed by atoms with van der Waals surface area (Å²) < 4.78 is 10.5. The average Bonchev–Trinajstić information content (AvgIpc) is 2.67. The SMILES string of the molecule is N=C(N)CC(=O)OCc1cccc(-c2ccc(N3CCOCC3)cc2)c1. The molecule has 0 atom stereocenters. The van der Waals surface area contributed by atoms with E-state index in [0.29, 0.717) is 0 Å². The number of benzene rings is 2. The van der Waals surface area contributed by atoms with E-state index in [1.54, 1.807) is 0 Å². The van der Waals surface area contributed by atoms with Gasteiger partial charge in [-0.05, 0) is 34.9 Å². The molecule has 0 saturated carbocycles. The summed E-state index contributed by atoms with van der Waals surface area (Å²) in [6.45, 7) is 3.55. The minimum absolute atomic E-state index is 0.172. The van der Waals surface area contributed by atoms with Crippen molar-refractivity contribution < 1.29 is 14.3 Å². The number of nitrogens with two attached hydrogens (primary N) is 1. The molecule has 3 N–H and O–H groups in total. The van der Waals surface area contributed by atoms with Crippen molar-refractivity contribution in [2.75, 3.05) is 31.2 Å². The Hall–Kier alpha value is -2.86. The minimum Gasteiger partial charge on any atom is -0.460 e. The first-order chi connectivity index (χ1) is 12.6. The van der Waals surface area contributed by atoms with Crippen LogP contribution in [0.5, 0.6) is 0 Å². The fourth-order valence-corrected chi connectivity index (χ4v) is 2.90. The Morgan fingerprint density at radius 3 is 2.54 bits per heavy atom. The first-order valence-electron chi connectivity index (χ1n) is 8.62. The van der Waals surface area contributed by atoms with E-state index in [1.165, 1.54) is 5.69 Å². The molecule has 1 aliphatic rings. The molecule has 2 aromatic carbocycles. The van der Waals surface area contributed by atoms with Gasteiger partial charge < -0.3 is 20.1 Å². The molecule has 0 amide bonds. The Morgan fingerprint density at radius 1 is 1.12 bits per heavy atom. The van der Waals surface area contributed by atoms with E-state index in [-0.39, 0.29) is 18.9 Å². The van der Waals surface area contributed by atoms with Gasteiger partial charge in [0, 0.05) is 18.8 Å². The van der Waals surface area contributed by atoms with Gasteiger partial charge in [0.15, 0.2) is 0 Å². The third kappa shape index (κ3) is 4.83. The maximum atomic E-state index is 11.5. The molecule has 1 aliphatic heterocycles. The topological polar surface area (TPSA) is 88.6 Å². The van der Waals surface area contributed by atoms with Gasteiger partial charge in [-0.3, -0.25) is 10.2 Å². The predicted molar refractivity (Wildman–Crippen MR) is 101 cm³/mol. The van der Waals surface area contributed by atoms with Crippen LogP contribution in [0.1, 0.15) is 12.0 Å². The summed E-state index contributed by atoms with van der Waals surface area (Å²) in [5, 5.41) is 7.11. The number of rotatable bonds is 6. The van der Waals surface area contributed by atoms with Gasteiger partial charge in [-0.2, -0.15) is 0 Å². The Kier molecular flexibility index (Phi) is 5.86. The molecule has 6 heteroatoms. The van der Waals surface area contributed by atoms with Crippen molar-refractivity contribution in [2.45, 2.75) is 13.0 Å². The van der Waals surface area contributed by atoms with Gasteiger partial charge in [0.1, 0.15) is 18.9 Å². The zero-order chi connectivity index (χ0) is 18.4. The molecule has 0 spiro atoms.